The molecule has 7 heteroatoms. The van der Waals surface area contributed by atoms with Crippen molar-refractivity contribution in [3.63, 3.8) is 0 Å². The van der Waals surface area contributed by atoms with Crippen molar-refractivity contribution < 1.29 is 4.74 Å². The Labute approximate surface area is 89.4 Å². The summed E-state index contributed by atoms with van der Waals surface area (Å²) in [6, 6.07) is 0. The Balaban J connectivity index is 2.00. The van der Waals surface area contributed by atoms with Gasteiger partial charge < -0.3 is 15.0 Å². The number of anilines is 1. The summed E-state index contributed by atoms with van der Waals surface area (Å²) in [5.74, 6) is 0.659. The van der Waals surface area contributed by atoms with Gasteiger partial charge in [0.25, 0.3) is 0 Å². The summed E-state index contributed by atoms with van der Waals surface area (Å²) < 4.78 is 6.98. The van der Waals surface area contributed by atoms with Crippen molar-refractivity contribution in [1.29, 1.82) is 0 Å². The third-order valence-electron chi connectivity index (χ3n) is 1.83. The minimum Gasteiger partial charge on any atom is -0.378 e. The fraction of sp³-hybridized carbons (Fsp3) is 0.875. The molecule has 0 aliphatic heterocycles. The quantitative estimate of drug-likeness (QED) is 0.599. The Kier molecular flexibility index (Phi) is 4.99. The maximum atomic E-state index is 5.40. The highest BCUT2D eigenvalue weighted by molar-refractivity contribution is 5.20. The molecular weight excluding hydrogens is 196 g/mol. The number of nitrogens with one attached hydrogen (secondary N) is 1. The summed E-state index contributed by atoms with van der Waals surface area (Å²) >= 11 is 0. The Morgan fingerprint density at radius 2 is 2.20 bits per heavy atom. The highest BCUT2D eigenvalue weighted by Gasteiger charge is 1.99. The molecule has 0 saturated heterocycles. The number of tetrazole rings is 1. The Bertz CT molecular complexity index is 274. The highest BCUT2D eigenvalue weighted by Crippen LogP contribution is 1.93. The largest absolute Gasteiger partial charge is 0.378 e. The van der Waals surface area contributed by atoms with Crippen LogP contribution in [0.25, 0.3) is 0 Å². The van der Waals surface area contributed by atoms with Crippen LogP contribution in [0.2, 0.25) is 0 Å². The lowest BCUT2D eigenvalue weighted by Crippen LogP contribution is -2.20. The van der Waals surface area contributed by atoms with Gasteiger partial charge in [0.05, 0.1) is 13.2 Å². The molecule has 0 aliphatic carbocycles. The molecule has 0 spiro atoms. The van der Waals surface area contributed by atoms with Gasteiger partial charge in [0.15, 0.2) is 0 Å². The smallest absolute Gasteiger partial charge is 0.242 e. The number of aryl methyl sites for hydroxylation is 1. The molecule has 7 nitrogen and oxygen atoms in total. The van der Waals surface area contributed by atoms with E-state index in [1.165, 1.54) is 0 Å². The Morgan fingerprint density at radius 3 is 2.80 bits per heavy atom. The first-order chi connectivity index (χ1) is 7.20. The van der Waals surface area contributed by atoms with E-state index in [-0.39, 0.29) is 0 Å². The fourth-order valence-corrected chi connectivity index (χ4v) is 0.963. The molecule has 0 unspecified atom stereocenters. The number of likely N-dealkylation sites (N-methyl/N-ethyl adjacent to an activating group) is 1. The first kappa shape index (κ1) is 11.9. The zero-order chi connectivity index (χ0) is 11.1. The number of hydrogen-bond acceptors (Lipinski definition) is 6. The van der Waals surface area contributed by atoms with E-state index < -0.39 is 0 Å². The second-order valence-corrected chi connectivity index (χ2v) is 3.47. The SMILES string of the molecule is CN(C)CCOCCNc1nnnn1C. The topological polar surface area (TPSA) is 68.1 Å². The molecule has 0 radical (unpaired) electrons. The fourth-order valence-electron chi connectivity index (χ4n) is 0.963. The van der Waals surface area contributed by atoms with Crippen molar-refractivity contribution in [2.75, 3.05) is 45.7 Å². The molecule has 0 amide bonds. The lowest BCUT2D eigenvalue weighted by Gasteiger charge is -2.09. The molecule has 0 fully saturated rings. The third kappa shape index (κ3) is 4.71. The van der Waals surface area contributed by atoms with Crippen LogP contribution < -0.4 is 5.32 Å². The zero-order valence-corrected chi connectivity index (χ0v) is 9.47. The van der Waals surface area contributed by atoms with E-state index >= 15 is 0 Å². The second-order valence-electron chi connectivity index (χ2n) is 3.47. The van der Waals surface area contributed by atoms with Gasteiger partial charge >= 0.3 is 0 Å². The lowest BCUT2D eigenvalue weighted by molar-refractivity contribution is 0.126. The van der Waals surface area contributed by atoms with Crippen LogP contribution in [0, 0.1) is 0 Å². The highest BCUT2D eigenvalue weighted by atomic mass is 16.5. The molecule has 86 valence electrons. The molecule has 0 aromatic carbocycles. The van der Waals surface area contributed by atoms with Crippen molar-refractivity contribution in [2.24, 2.45) is 7.05 Å². The van der Waals surface area contributed by atoms with Gasteiger partial charge in [0.2, 0.25) is 5.95 Å². The van der Waals surface area contributed by atoms with E-state index in [4.69, 9.17) is 4.74 Å². The molecule has 1 N–H and O–H groups in total. The average Bonchev–Trinajstić information content (AvgIpc) is 2.57. The van der Waals surface area contributed by atoms with Crippen molar-refractivity contribution >= 4 is 5.95 Å². The number of aromatic nitrogens is 4. The third-order valence-corrected chi connectivity index (χ3v) is 1.83. The van der Waals surface area contributed by atoms with Crippen LogP contribution in [0.4, 0.5) is 5.95 Å². The molecule has 1 aromatic heterocycles. The standard InChI is InChI=1S/C8H18N6O/c1-13(2)5-7-15-6-4-9-8-10-11-12-14(8)3/h4-7H2,1-3H3,(H,9,10,12). The number of nitrogens with zero attached hydrogens (tertiary/aromatic N) is 5. The van der Waals surface area contributed by atoms with E-state index in [1.54, 1.807) is 11.7 Å². The van der Waals surface area contributed by atoms with Crippen LogP contribution in [0.3, 0.4) is 0 Å². The molecule has 0 aliphatic rings. The van der Waals surface area contributed by atoms with E-state index in [0.717, 1.165) is 13.2 Å². The van der Waals surface area contributed by atoms with Gasteiger partial charge in [-0.1, -0.05) is 5.10 Å². The number of ether oxygens (including phenoxy) is 1. The summed E-state index contributed by atoms with van der Waals surface area (Å²) in [5.41, 5.74) is 0. The maximum absolute atomic E-state index is 5.40. The van der Waals surface area contributed by atoms with Gasteiger partial charge in [-0.2, -0.15) is 0 Å². The van der Waals surface area contributed by atoms with Crippen molar-refractivity contribution in [3.8, 4) is 0 Å². The van der Waals surface area contributed by atoms with Gasteiger partial charge in [0, 0.05) is 20.1 Å². The van der Waals surface area contributed by atoms with E-state index in [2.05, 4.69) is 25.7 Å². The van der Waals surface area contributed by atoms with Crippen molar-refractivity contribution in [1.82, 2.24) is 25.1 Å². The Morgan fingerprint density at radius 1 is 1.40 bits per heavy atom. The average molecular weight is 214 g/mol. The van der Waals surface area contributed by atoms with Crippen LogP contribution in [-0.4, -0.2) is 65.5 Å². The van der Waals surface area contributed by atoms with Crippen LogP contribution in [0.5, 0.6) is 0 Å². The predicted molar refractivity (Wildman–Crippen MR) is 56.7 cm³/mol. The minimum atomic E-state index is 0.653. The maximum Gasteiger partial charge on any atom is 0.242 e. The molecule has 0 saturated carbocycles. The molecule has 0 atom stereocenters. The molecule has 0 bridgehead atoms. The molecule has 1 heterocycles. The molecular formula is C8H18N6O. The van der Waals surface area contributed by atoms with Crippen LogP contribution >= 0.6 is 0 Å². The van der Waals surface area contributed by atoms with Crippen LogP contribution in [0.1, 0.15) is 0 Å². The molecule has 1 aromatic rings. The van der Waals surface area contributed by atoms with E-state index in [9.17, 15) is 0 Å². The molecule has 1 rings (SSSR count). The summed E-state index contributed by atoms with van der Waals surface area (Å²) in [6.45, 7) is 3.04. The van der Waals surface area contributed by atoms with Crippen molar-refractivity contribution in [3.05, 3.63) is 0 Å². The van der Waals surface area contributed by atoms with E-state index in [1.807, 2.05) is 14.1 Å². The monoisotopic (exact) mass is 214 g/mol. The number of rotatable bonds is 7. The predicted octanol–water partition coefficient (Wildman–Crippen LogP) is -0.800. The lowest BCUT2D eigenvalue weighted by atomic mass is 10.6. The normalized spacial score (nSPS) is 10.9. The van der Waals surface area contributed by atoms with Crippen LogP contribution in [0.15, 0.2) is 0 Å². The summed E-state index contributed by atoms with van der Waals surface area (Å²) in [7, 11) is 5.83. The Hall–Kier alpha value is -1.21. The first-order valence-corrected chi connectivity index (χ1v) is 4.89. The van der Waals surface area contributed by atoms with Gasteiger partial charge in [-0.25, -0.2) is 4.68 Å². The van der Waals surface area contributed by atoms with Gasteiger partial charge in [-0.05, 0) is 24.5 Å². The van der Waals surface area contributed by atoms with Crippen molar-refractivity contribution in [2.45, 2.75) is 0 Å². The summed E-state index contributed by atoms with van der Waals surface area (Å²) in [4.78, 5) is 2.08. The number of hydrogen-bond donors (Lipinski definition) is 1. The zero-order valence-electron chi connectivity index (χ0n) is 9.47. The summed E-state index contributed by atoms with van der Waals surface area (Å²) in [6.07, 6.45) is 0. The van der Waals surface area contributed by atoms with Gasteiger partial charge in [0.1, 0.15) is 0 Å². The first-order valence-electron chi connectivity index (χ1n) is 4.89. The minimum absolute atomic E-state index is 0.653. The van der Waals surface area contributed by atoms with E-state index in [0.29, 0.717) is 19.1 Å². The molecule has 15 heavy (non-hydrogen) atoms. The van der Waals surface area contributed by atoms with Crippen LogP contribution in [-0.2, 0) is 11.8 Å². The van der Waals surface area contributed by atoms with Gasteiger partial charge in [-0.15, -0.1) is 0 Å². The second kappa shape index (κ2) is 6.31. The summed E-state index contributed by atoms with van der Waals surface area (Å²) in [5, 5.41) is 14.1. The van der Waals surface area contributed by atoms with Gasteiger partial charge in [-0.3, -0.25) is 0 Å².